The summed E-state index contributed by atoms with van der Waals surface area (Å²) in [7, 11) is 0. The van der Waals surface area contributed by atoms with E-state index in [1.54, 1.807) is 6.08 Å². The molecule has 0 aromatic heterocycles. The van der Waals surface area contributed by atoms with Gasteiger partial charge in [0, 0.05) is 6.42 Å². The summed E-state index contributed by atoms with van der Waals surface area (Å²) in [6.07, 6.45) is 7.67. The molecule has 0 aromatic rings. The van der Waals surface area contributed by atoms with E-state index in [1.807, 2.05) is 0 Å². The van der Waals surface area contributed by atoms with Crippen LogP contribution in [0.5, 0.6) is 0 Å². The average molecular weight is 208 g/mol. The second-order valence-corrected chi connectivity index (χ2v) is 3.35. The van der Waals surface area contributed by atoms with Crippen LogP contribution in [0, 0.1) is 0 Å². The maximum absolute atomic E-state index is 10.9. The SMILES string of the molecule is C=CC(=C)OCCCCCCC(=O)C=C. The fourth-order valence-corrected chi connectivity index (χ4v) is 1.12. The molecule has 0 atom stereocenters. The Morgan fingerprint density at radius 1 is 1.07 bits per heavy atom. The number of hydrogen-bond acceptors (Lipinski definition) is 2. The van der Waals surface area contributed by atoms with E-state index in [0.717, 1.165) is 25.7 Å². The van der Waals surface area contributed by atoms with Crippen LogP contribution < -0.4 is 0 Å². The Kier molecular flexibility index (Phi) is 8.44. The van der Waals surface area contributed by atoms with Crippen molar-refractivity contribution in [2.75, 3.05) is 6.61 Å². The van der Waals surface area contributed by atoms with Gasteiger partial charge in [-0.1, -0.05) is 32.6 Å². The van der Waals surface area contributed by atoms with Crippen LogP contribution in [0.4, 0.5) is 0 Å². The first-order chi connectivity index (χ1) is 7.20. The van der Waals surface area contributed by atoms with Crippen LogP contribution >= 0.6 is 0 Å². The monoisotopic (exact) mass is 208 g/mol. The quantitative estimate of drug-likeness (QED) is 0.238. The number of allylic oxidation sites excluding steroid dienone is 2. The van der Waals surface area contributed by atoms with Gasteiger partial charge in [-0.05, 0) is 25.0 Å². The third-order valence-electron chi connectivity index (χ3n) is 2.06. The molecule has 0 N–H and O–H groups in total. The number of rotatable bonds is 10. The molecule has 0 saturated heterocycles. The van der Waals surface area contributed by atoms with Crippen molar-refractivity contribution in [1.82, 2.24) is 0 Å². The Bertz CT molecular complexity index is 205. The molecule has 0 unspecified atom stereocenters. The minimum Gasteiger partial charge on any atom is -0.494 e. The van der Waals surface area contributed by atoms with Gasteiger partial charge in [0.15, 0.2) is 5.78 Å². The lowest BCUT2D eigenvalue weighted by Crippen LogP contribution is -1.94. The highest BCUT2D eigenvalue weighted by atomic mass is 16.5. The lowest BCUT2D eigenvalue weighted by molar-refractivity contribution is -0.114. The summed E-state index contributed by atoms with van der Waals surface area (Å²) in [5, 5.41) is 0. The highest BCUT2D eigenvalue weighted by Gasteiger charge is 1.96. The van der Waals surface area contributed by atoms with E-state index in [2.05, 4.69) is 19.7 Å². The van der Waals surface area contributed by atoms with Crippen molar-refractivity contribution in [3.8, 4) is 0 Å². The zero-order valence-corrected chi connectivity index (χ0v) is 9.34. The lowest BCUT2D eigenvalue weighted by atomic mass is 10.1. The summed E-state index contributed by atoms with van der Waals surface area (Å²) in [6, 6.07) is 0. The molecule has 0 radical (unpaired) electrons. The zero-order chi connectivity index (χ0) is 11.5. The Labute approximate surface area is 92.3 Å². The third-order valence-corrected chi connectivity index (χ3v) is 2.06. The van der Waals surface area contributed by atoms with E-state index in [1.165, 1.54) is 6.08 Å². The topological polar surface area (TPSA) is 26.3 Å². The van der Waals surface area contributed by atoms with Gasteiger partial charge in [-0.25, -0.2) is 0 Å². The molecule has 2 heteroatoms. The molecule has 0 spiro atoms. The molecule has 0 aliphatic carbocycles. The number of carbonyl (C=O) groups is 1. The number of ether oxygens (including phenoxy) is 1. The molecule has 0 aliphatic heterocycles. The molecule has 15 heavy (non-hydrogen) atoms. The van der Waals surface area contributed by atoms with Crippen LogP contribution in [0.1, 0.15) is 32.1 Å². The van der Waals surface area contributed by atoms with Gasteiger partial charge in [-0.3, -0.25) is 4.79 Å². The average Bonchev–Trinajstić information content (AvgIpc) is 2.26. The van der Waals surface area contributed by atoms with Crippen molar-refractivity contribution in [3.05, 3.63) is 37.6 Å². The molecule has 0 aliphatic rings. The van der Waals surface area contributed by atoms with E-state index in [0.29, 0.717) is 18.8 Å². The van der Waals surface area contributed by atoms with E-state index < -0.39 is 0 Å². The summed E-state index contributed by atoms with van der Waals surface area (Å²) in [6.45, 7) is 11.3. The van der Waals surface area contributed by atoms with Crippen molar-refractivity contribution in [2.24, 2.45) is 0 Å². The normalized spacial score (nSPS) is 9.33. The first kappa shape index (κ1) is 13.7. The molecule has 2 nitrogen and oxygen atoms in total. The number of carbonyl (C=O) groups excluding carboxylic acids is 1. The molecule has 0 heterocycles. The molecule has 84 valence electrons. The van der Waals surface area contributed by atoms with Gasteiger partial charge < -0.3 is 4.74 Å². The lowest BCUT2D eigenvalue weighted by Gasteiger charge is -2.04. The highest BCUT2D eigenvalue weighted by molar-refractivity contribution is 5.88. The molecule has 0 fully saturated rings. The van der Waals surface area contributed by atoms with Crippen molar-refractivity contribution in [2.45, 2.75) is 32.1 Å². The van der Waals surface area contributed by atoms with Crippen molar-refractivity contribution in [1.29, 1.82) is 0 Å². The summed E-state index contributed by atoms with van der Waals surface area (Å²) in [5.41, 5.74) is 0. The van der Waals surface area contributed by atoms with Crippen LogP contribution in [0.2, 0.25) is 0 Å². The van der Waals surface area contributed by atoms with E-state index in [-0.39, 0.29) is 5.78 Å². The van der Waals surface area contributed by atoms with E-state index in [4.69, 9.17) is 4.74 Å². The molecule has 0 rings (SSSR count). The fraction of sp³-hybridized carbons (Fsp3) is 0.462. The Hall–Kier alpha value is -1.31. The first-order valence-corrected chi connectivity index (χ1v) is 5.30. The molecule has 0 bridgehead atoms. The summed E-state index contributed by atoms with van der Waals surface area (Å²) in [5.74, 6) is 0.753. The minimum atomic E-state index is 0.131. The van der Waals surface area contributed by atoms with E-state index >= 15 is 0 Å². The largest absolute Gasteiger partial charge is 0.494 e. The van der Waals surface area contributed by atoms with Crippen LogP contribution in [0.25, 0.3) is 0 Å². The molecular formula is C13H20O2. The second-order valence-electron chi connectivity index (χ2n) is 3.35. The smallest absolute Gasteiger partial charge is 0.155 e. The van der Waals surface area contributed by atoms with Gasteiger partial charge in [-0.2, -0.15) is 0 Å². The van der Waals surface area contributed by atoms with Crippen LogP contribution in [0.15, 0.2) is 37.6 Å². The molecule has 0 amide bonds. The van der Waals surface area contributed by atoms with Crippen molar-refractivity contribution in [3.63, 3.8) is 0 Å². The van der Waals surface area contributed by atoms with E-state index in [9.17, 15) is 4.79 Å². The van der Waals surface area contributed by atoms with Crippen molar-refractivity contribution >= 4 is 5.78 Å². The summed E-state index contributed by atoms with van der Waals surface area (Å²) in [4.78, 5) is 10.9. The molecule has 0 saturated carbocycles. The fourth-order valence-electron chi connectivity index (χ4n) is 1.12. The second kappa shape index (κ2) is 9.25. The van der Waals surface area contributed by atoms with Gasteiger partial charge in [0.25, 0.3) is 0 Å². The zero-order valence-electron chi connectivity index (χ0n) is 9.34. The maximum atomic E-state index is 10.9. The number of ketones is 1. The van der Waals surface area contributed by atoms with Gasteiger partial charge in [0.05, 0.1) is 6.61 Å². The van der Waals surface area contributed by atoms with Gasteiger partial charge in [0.1, 0.15) is 5.76 Å². The summed E-state index contributed by atoms with van der Waals surface area (Å²) >= 11 is 0. The van der Waals surface area contributed by atoms with Crippen LogP contribution in [-0.4, -0.2) is 12.4 Å². The van der Waals surface area contributed by atoms with Crippen LogP contribution in [-0.2, 0) is 9.53 Å². The maximum Gasteiger partial charge on any atom is 0.155 e. The predicted octanol–water partition coefficient (Wildman–Crippen LogP) is 3.41. The Balaban J connectivity index is 3.18. The first-order valence-electron chi connectivity index (χ1n) is 5.30. The van der Waals surface area contributed by atoms with Crippen LogP contribution in [0.3, 0.4) is 0 Å². The molecule has 0 aromatic carbocycles. The minimum absolute atomic E-state index is 0.131. The predicted molar refractivity (Wildman–Crippen MR) is 63.6 cm³/mol. The van der Waals surface area contributed by atoms with Gasteiger partial charge in [-0.15, -0.1) is 0 Å². The standard InChI is InChI=1S/C13H20O2/c1-4-12(3)15-11-9-7-6-8-10-13(14)5-2/h4-5H,1-3,6-11H2. The number of hydrogen-bond donors (Lipinski definition) is 0. The molecular weight excluding hydrogens is 188 g/mol. The highest BCUT2D eigenvalue weighted by Crippen LogP contribution is 2.05. The Morgan fingerprint density at radius 2 is 1.73 bits per heavy atom. The van der Waals surface area contributed by atoms with Crippen molar-refractivity contribution < 1.29 is 9.53 Å². The van der Waals surface area contributed by atoms with Gasteiger partial charge >= 0.3 is 0 Å². The third kappa shape index (κ3) is 9.01. The summed E-state index contributed by atoms with van der Waals surface area (Å²) < 4.78 is 5.24. The number of unbranched alkanes of at least 4 members (excludes halogenated alkanes) is 3. The van der Waals surface area contributed by atoms with Gasteiger partial charge in [0.2, 0.25) is 0 Å². The Morgan fingerprint density at radius 3 is 2.33 bits per heavy atom.